The Hall–Kier alpha value is -3.66. The lowest BCUT2D eigenvalue weighted by Gasteiger charge is -2.33. The number of ether oxygens (including phenoxy) is 1. The standard InChI is InChI=1S/C23H27N7O3/c1-23(32)7-4-14(5-8-23)27-22-28-19-18(21(29-22)33-3)15(11-25-19)13-6-9-30-17(10-13)16(12-26-30)20(31)24-2/h6,9-12,14,32H,4-5,7-8H2,1-3H3,(H,24,31)(H2,25,27,28,29)/t14-,23-. The summed E-state index contributed by atoms with van der Waals surface area (Å²) in [5.41, 5.74) is 3.02. The SMILES string of the molecule is CNC(=O)c1cnn2ccc(-c3c[nH]c4nc(N[C@H]5CC[C@](C)(O)CC5)nc(OC)c34)cc12. The zero-order valence-electron chi connectivity index (χ0n) is 18.8. The van der Waals surface area contributed by atoms with Crippen molar-refractivity contribution in [3.05, 3.63) is 36.3 Å². The minimum Gasteiger partial charge on any atom is -0.480 e. The molecule has 172 valence electrons. The van der Waals surface area contributed by atoms with Crippen molar-refractivity contribution < 1.29 is 14.6 Å². The zero-order valence-corrected chi connectivity index (χ0v) is 18.8. The van der Waals surface area contributed by atoms with E-state index >= 15 is 0 Å². The molecule has 4 N–H and O–H groups in total. The summed E-state index contributed by atoms with van der Waals surface area (Å²) in [6, 6.07) is 4.05. The number of aromatic amines is 1. The van der Waals surface area contributed by atoms with E-state index in [0.717, 1.165) is 42.2 Å². The molecule has 0 aliphatic heterocycles. The summed E-state index contributed by atoms with van der Waals surface area (Å²) in [6.45, 7) is 1.88. The predicted octanol–water partition coefficient (Wildman–Crippen LogP) is 2.75. The topological polar surface area (TPSA) is 129 Å². The molecule has 4 aromatic heterocycles. The van der Waals surface area contributed by atoms with Crippen LogP contribution in [0.2, 0.25) is 0 Å². The van der Waals surface area contributed by atoms with E-state index in [1.165, 1.54) is 0 Å². The first kappa shape index (κ1) is 21.2. The summed E-state index contributed by atoms with van der Waals surface area (Å²) in [5, 5.41) is 21.3. The number of rotatable bonds is 5. The predicted molar refractivity (Wildman–Crippen MR) is 125 cm³/mol. The van der Waals surface area contributed by atoms with Crippen LogP contribution in [0.1, 0.15) is 43.0 Å². The molecular weight excluding hydrogens is 422 g/mol. The number of nitrogens with zero attached hydrogens (tertiary/aromatic N) is 4. The highest BCUT2D eigenvalue weighted by Gasteiger charge is 2.29. The lowest BCUT2D eigenvalue weighted by molar-refractivity contribution is 0.0195. The highest BCUT2D eigenvalue weighted by atomic mass is 16.5. The lowest BCUT2D eigenvalue weighted by atomic mass is 9.84. The molecule has 5 rings (SSSR count). The maximum atomic E-state index is 12.2. The van der Waals surface area contributed by atoms with E-state index in [-0.39, 0.29) is 11.9 Å². The van der Waals surface area contributed by atoms with Crippen LogP contribution >= 0.6 is 0 Å². The first-order valence-corrected chi connectivity index (χ1v) is 11.0. The van der Waals surface area contributed by atoms with Crippen LogP contribution in [0.25, 0.3) is 27.7 Å². The minimum absolute atomic E-state index is 0.193. The fraction of sp³-hybridized carbons (Fsp3) is 0.391. The van der Waals surface area contributed by atoms with Crippen molar-refractivity contribution in [1.29, 1.82) is 0 Å². The van der Waals surface area contributed by atoms with E-state index in [2.05, 4.69) is 30.7 Å². The van der Waals surface area contributed by atoms with Gasteiger partial charge >= 0.3 is 0 Å². The Morgan fingerprint density at radius 2 is 2.12 bits per heavy atom. The van der Waals surface area contributed by atoms with E-state index in [4.69, 9.17) is 4.74 Å². The lowest BCUT2D eigenvalue weighted by Crippen LogP contribution is -2.36. The molecule has 1 aliphatic carbocycles. The van der Waals surface area contributed by atoms with Crippen molar-refractivity contribution in [2.75, 3.05) is 19.5 Å². The van der Waals surface area contributed by atoms with E-state index < -0.39 is 5.60 Å². The Kier molecular flexibility index (Phi) is 5.16. The number of hydrogen-bond acceptors (Lipinski definition) is 7. The number of nitrogens with one attached hydrogen (secondary N) is 3. The monoisotopic (exact) mass is 449 g/mol. The Morgan fingerprint density at radius 3 is 2.85 bits per heavy atom. The van der Waals surface area contributed by atoms with Gasteiger partial charge < -0.3 is 25.5 Å². The summed E-state index contributed by atoms with van der Waals surface area (Å²) in [4.78, 5) is 24.7. The third-order valence-corrected chi connectivity index (χ3v) is 6.39. The largest absolute Gasteiger partial charge is 0.480 e. The molecule has 0 bridgehead atoms. The molecule has 1 aliphatic rings. The smallest absolute Gasteiger partial charge is 0.254 e. The Morgan fingerprint density at radius 1 is 1.33 bits per heavy atom. The van der Waals surface area contributed by atoms with Crippen molar-refractivity contribution in [3.8, 4) is 17.0 Å². The molecule has 4 aromatic rings. The van der Waals surface area contributed by atoms with E-state index in [0.29, 0.717) is 28.6 Å². The zero-order chi connectivity index (χ0) is 23.2. The molecule has 0 spiro atoms. The summed E-state index contributed by atoms with van der Waals surface area (Å²) in [6.07, 6.45) is 8.43. The molecule has 0 unspecified atom stereocenters. The van der Waals surface area contributed by atoms with Gasteiger partial charge in [-0.05, 0) is 50.3 Å². The summed E-state index contributed by atoms with van der Waals surface area (Å²) >= 11 is 0. The van der Waals surface area contributed by atoms with Gasteiger partial charge in [0.25, 0.3) is 5.91 Å². The van der Waals surface area contributed by atoms with Crippen LogP contribution in [0.3, 0.4) is 0 Å². The van der Waals surface area contributed by atoms with Gasteiger partial charge in [-0.3, -0.25) is 4.79 Å². The Balaban J connectivity index is 1.51. The maximum Gasteiger partial charge on any atom is 0.254 e. The van der Waals surface area contributed by atoms with Crippen LogP contribution in [0.15, 0.2) is 30.7 Å². The second-order valence-corrected chi connectivity index (χ2v) is 8.78. The second kappa shape index (κ2) is 8.04. The maximum absolute atomic E-state index is 12.2. The molecule has 4 heterocycles. The summed E-state index contributed by atoms with van der Waals surface area (Å²) in [7, 11) is 3.18. The third-order valence-electron chi connectivity index (χ3n) is 6.39. The molecule has 10 nitrogen and oxygen atoms in total. The molecular formula is C23H27N7O3. The van der Waals surface area contributed by atoms with Gasteiger partial charge in [0.05, 0.1) is 35.4 Å². The van der Waals surface area contributed by atoms with Gasteiger partial charge in [0.15, 0.2) is 0 Å². The van der Waals surface area contributed by atoms with Crippen molar-refractivity contribution in [3.63, 3.8) is 0 Å². The van der Waals surface area contributed by atoms with Gasteiger partial charge in [0.1, 0.15) is 5.65 Å². The number of H-pyrrole nitrogens is 1. The molecule has 0 radical (unpaired) electrons. The van der Waals surface area contributed by atoms with Gasteiger partial charge in [0, 0.05) is 31.0 Å². The molecule has 33 heavy (non-hydrogen) atoms. The Bertz CT molecular complexity index is 1330. The van der Waals surface area contributed by atoms with Crippen molar-refractivity contribution in [2.45, 2.75) is 44.2 Å². The van der Waals surface area contributed by atoms with Crippen LogP contribution in [0.5, 0.6) is 5.88 Å². The third kappa shape index (κ3) is 3.86. The van der Waals surface area contributed by atoms with Gasteiger partial charge in [-0.25, -0.2) is 4.52 Å². The normalized spacial score (nSPS) is 20.8. The molecule has 10 heteroatoms. The van der Waals surface area contributed by atoms with Crippen LogP contribution in [-0.4, -0.2) is 61.4 Å². The molecule has 0 aromatic carbocycles. The van der Waals surface area contributed by atoms with Crippen molar-refractivity contribution >= 4 is 28.4 Å². The number of methoxy groups -OCH3 is 1. The van der Waals surface area contributed by atoms with Gasteiger partial charge in [0.2, 0.25) is 11.8 Å². The van der Waals surface area contributed by atoms with Crippen LogP contribution in [0.4, 0.5) is 5.95 Å². The summed E-state index contributed by atoms with van der Waals surface area (Å²) < 4.78 is 7.30. The average Bonchev–Trinajstić information content (AvgIpc) is 3.43. The number of fused-ring (bicyclic) bond motifs is 2. The fourth-order valence-electron chi connectivity index (χ4n) is 4.46. The van der Waals surface area contributed by atoms with Crippen LogP contribution in [0, 0.1) is 0 Å². The van der Waals surface area contributed by atoms with Gasteiger partial charge in [-0.2, -0.15) is 15.1 Å². The van der Waals surface area contributed by atoms with Crippen LogP contribution in [-0.2, 0) is 0 Å². The average molecular weight is 450 g/mol. The number of amides is 1. The van der Waals surface area contributed by atoms with E-state index in [9.17, 15) is 9.90 Å². The summed E-state index contributed by atoms with van der Waals surface area (Å²) in [5.74, 6) is 0.760. The number of pyridine rings is 1. The molecule has 0 saturated heterocycles. The van der Waals surface area contributed by atoms with Gasteiger partial charge in [-0.1, -0.05) is 0 Å². The first-order chi connectivity index (χ1) is 15.9. The van der Waals surface area contributed by atoms with E-state index in [1.807, 2.05) is 31.5 Å². The van der Waals surface area contributed by atoms with Crippen molar-refractivity contribution in [2.24, 2.45) is 0 Å². The number of hydrogen-bond donors (Lipinski definition) is 4. The minimum atomic E-state index is -0.594. The van der Waals surface area contributed by atoms with Crippen LogP contribution < -0.4 is 15.4 Å². The van der Waals surface area contributed by atoms with Gasteiger partial charge in [-0.15, -0.1) is 0 Å². The quantitative estimate of drug-likeness (QED) is 0.369. The molecule has 0 atom stereocenters. The van der Waals surface area contributed by atoms with Crippen molar-refractivity contribution in [1.82, 2.24) is 29.9 Å². The molecule has 1 amide bonds. The molecule has 1 fully saturated rings. The Labute approximate surface area is 190 Å². The number of anilines is 1. The highest BCUT2D eigenvalue weighted by Crippen LogP contribution is 2.36. The number of carbonyl (C=O) groups excluding carboxylic acids is 1. The number of carbonyl (C=O) groups is 1. The highest BCUT2D eigenvalue weighted by molar-refractivity contribution is 6.02. The number of aliphatic hydroxyl groups is 1. The first-order valence-electron chi connectivity index (χ1n) is 11.0. The fourth-order valence-corrected chi connectivity index (χ4v) is 4.46. The molecule has 1 saturated carbocycles. The number of aromatic nitrogens is 5. The second-order valence-electron chi connectivity index (χ2n) is 8.78. The van der Waals surface area contributed by atoms with E-state index in [1.54, 1.807) is 24.9 Å².